The van der Waals surface area contributed by atoms with Crippen molar-refractivity contribution in [3.8, 4) is 0 Å². The fourth-order valence-corrected chi connectivity index (χ4v) is 1.94. The van der Waals surface area contributed by atoms with Crippen molar-refractivity contribution in [2.45, 2.75) is 26.4 Å². The highest BCUT2D eigenvalue weighted by atomic mass is 16.5. The molecule has 2 aromatic rings. The van der Waals surface area contributed by atoms with Crippen LogP contribution in [0.15, 0.2) is 30.7 Å². The molecule has 0 unspecified atom stereocenters. The summed E-state index contributed by atoms with van der Waals surface area (Å²) in [4.78, 5) is 23.4. The second kappa shape index (κ2) is 6.25. The SMILES string of the molecule is COC(=O)Cn1cc(NC(=O)c2cccn2C(C)C)cn1. The number of hydrogen-bond donors (Lipinski definition) is 1. The third-order valence-electron chi connectivity index (χ3n) is 2.98. The molecule has 0 saturated carbocycles. The molecule has 0 aliphatic heterocycles. The van der Waals surface area contributed by atoms with Gasteiger partial charge in [-0.15, -0.1) is 0 Å². The summed E-state index contributed by atoms with van der Waals surface area (Å²) in [5.41, 5.74) is 1.10. The first kappa shape index (κ1) is 14.8. The molecule has 0 aliphatic rings. The van der Waals surface area contributed by atoms with Crippen molar-refractivity contribution in [1.29, 1.82) is 0 Å². The van der Waals surface area contributed by atoms with Gasteiger partial charge in [-0.2, -0.15) is 5.10 Å². The minimum absolute atomic E-state index is 0.00867. The molecule has 0 radical (unpaired) electrons. The van der Waals surface area contributed by atoms with Gasteiger partial charge in [-0.25, -0.2) is 0 Å². The van der Waals surface area contributed by atoms with E-state index in [1.165, 1.54) is 18.0 Å². The van der Waals surface area contributed by atoms with Gasteiger partial charge >= 0.3 is 5.97 Å². The van der Waals surface area contributed by atoms with Gasteiger partial charge in [0.15, 0.2) is 0 Å². The van der Waals surface area contributed by atoms with Crippen LogP contribution in [0.5, 0.6) is 0 Å². The van der Waals surface area contributed by atoms with E-state index < -0.39 is 5.97 Å². The molecule has 7 nitrogen and oxygen atoms in total. The van der Waals surface area contributed by atoms with E-state index in [2.05, 4.69) is 15.2 Å². The first-order valence-electron chi connectivity index (χ1n) is 6.58. The van der Waals surface area contributed by atoms with Crippen molar-refractivity contribution in [2.24, 2.45) is 0 Å². The number of amides is 1. The third-order valence-corrected chi connectivity index (χ3v) is 2.98. The molecule has 0 atom stereocenters. The number of carbonyl (C=O) groups excluding carboxylic acids is 2. The number of aromatic nitrogens is 3. The van der Waals surface area contributed by atoms with Crippen LogP contribution in [0.1, 0.15) is 30.4 Å². The summed E-state index contributed by atoms with van der Waals surface area (Å²) in [5.74, 6) is -0.615. The summed E-state index contributed by atoms with van der Waals surface area (Å²) in [7, 11) is 1.31. The first-order valence-corrected chi connectivity index (χ1v) is 6.58. The molecule has 2 rings (SSSR count). The van der Waals surface area contributed by atoms with Crippen molar-refractivity contribution < 1.29 is 14.3 Å². The summed E-state index contributed by atoms with van der Waals surface area (Å²) in [6, 6.07) is 3.78. The van der Waals surface area contributed by atoms with E-state index in [1.54, 1.807) is 12.3 Å². The number of methoxy groups -OCH3 is 1. The second-order valence-electron chi connectivity index (χ2n) is 4.85. The molecule has 2 aromatic heterocycles. The smallest absolute Gasteiger partial charge is 0.327 e. The van der Waals surface area contributed by atoms with Crippen molar-refractivity contribution in [3.05, 3.63) is 36.4 Å². The van der Waals surface area contributed by atoms with Crippen LogP contribution >= 0.6 is 0 Å². The van der Waals surface area contributed by atoms with Crippen molar-refractivity contribution in [1.82, 2.24) is 14.3 Å². The van der Waals surface area contributed by atoms with E-state index in [4.69, 9.17) is 0 Å². The normalized spacial score (nSPS) is 10.7. The standard InChI is InChI=1S/C14H18N4O3/c1-10(2)18-6-4-5-12(18)14(20)16-11-7-15-17(8-11)9-13(19)21-3/h4-8,10H,9H2,1-3H3,(H,16,20). The Kier molecular flexibility index (Phi) is 4.42. The minimum Gasteiger partial charge on any atom is -0.468 e. The Morgan fingerprint density at radius 2 is 2.19 bits per heavy atom. The Morgan fingerprint density at radius 1 is 1.43 bits per heavy atom. The average Bonchev–Trinajstić information content (AvgIpc) is 3.07. The lowest BCUT2D eigenvalue weighted by atomic mass is 10.3. The van der Waals surface area contributed by atoms with E-state index in [0.29, 0.717) is 11.4 Å². The fraction of sp³-hybridized carbons (Fsp3) is 0.357. The first-order chi connectivity index (χ1) is 10.0. The molecule has 0 bridgehead atoms. The second-order valence-corrected chi connectivity index (χ2v) is 4.85. The Morgan fingerprint density at radius 3 is 2.86 bits per heavy atom. The van der Waals surface area contributed by atoms with Gasteiger partial charge in [-0.1, -0.05) is 0 Å². The Balaban J connectivity index is 2.06. The molecule has 2 heterocycles. The number of carbonyl (C=O) groups is 2. The van der Waals surface area contributed by atoms with Crippen LogP contribution in [-0.2, 0) is 16.1 Å². The zero-order chi connectivity index (χ0) is 15.4. The minimum atomic E-state index is -0.398. The number of hydrogen-bond acceptors (Lipinski definition) is 4. The van der Waals surface area contributed by atoms with E-state index in [0.717, 1.165) is 0 Å². The van der Waals surface area contributed by atoms with Crippen LogP contribution in [0.4, 0.5) is 5.69 Å². The summed E-state index contributed by atoms with van der Waals surface area (Å²) in [5, 5.41) is 6.75. The Labute approximate surface area is 122 Å². The molecule has 0 spiro atoms. The summed E-state index contributed by atoms with van der Waals surface area (Å²) in [6.45, 7) is 4.02. The quantitative estimate of drug-likeness (QED) is 0.850. The average molecular weight is 290 g/mol. The summed E-state index contributed by atoms with van der Waals surface area (Å²) in [6.07, 6.45) is 4.93. The molecule has 112 valence electrons. The molecule has 7 heteroatoms. The van der Waals surface area contributed by atoms with Crippen LogP contribution in [-0.4, -0.2) is 33.3 Å². The summed E-state index contributed by atoms with van der Waals surface area (Å²) < 4.78 is 7.84. The van der Waals surface area contributed by atoms with Crippen LogP contribution in [0.2, 0.25) is 0 Å². The Hall–Kier alpha value is -2.57. The van der Waals surface area contributed by atoms with Crippen molar-refractivity contribution in [3.63, 3.8) is 0 Å². The lowest BCUT2D eigenvalue weighted by Crippen LogP contribution is -2.17. The number of nitrogens with one attached hydrogen (secondary N) is 1. The zero-order valence-corrected chi connectivity index (χ0v) is 12.2. The topological polar surface area (TPSA) is 78.1 Å². The van der Waals surface area contributed by atoms with Gasteiger partial charge in [0.1, 0.15) is 12.2 Å². The van der Waals surface area contributed by atoms with Gasteiger partial charge in [0, 0.05) is 18.4 Å². The molecule has 0 fully saturated rings. The lowest BCUT2D eigenvalue weighted by molar-refractivity contribution is -0.141. The third kappa shape index (κ3) is 3.50. The van der Waals surface area contributed by atoms with E-state index >= 15 is 0 Å². The highest BCUT2D eigenvalue weighted by molar-refractivity contribution is 6.03. The predicted molar refractivity (Wildman–Crippen MR) is 77.0 cm³/mol. The van der Waals surface area contributed by atoms with Gasteiger partial charge in [0.05, 0.1) is 19.0 Å². The molecule has 0 aromatic carbocycles. The lowest BCUT2D eigenvalue weighted by Gasteiger charge is -2.12. The van der Waals surface area contributed by atoms with Crippen molar-refractivity contribution >= 4 is 17.6 Å². The Bertz CT molecular complexity index is 642. The maximum Gasteiger partial charge on any atom is 0.327 e. The highest BCUT2D eigenvalue weighted by Crippen LogP contribution is 2.13. The number of esters is 1. The monoisotopic (exact) mass is 290 g/mol. The van der Waals surface area contributed by atoms with Crippen LogP contribution in [0, 0.1) is 0 Å². The van der Waals surface area contributed by atoms with Gasteiger partial charge in [-0.3, -0.25) is 14.3 Å². The van der Waals surface area contributed by atoms with Crippen molar-refractivity contribution in [2.75, 3.05) is 12.4 Å². The molecule has 1 N–H and O–H groups in total. The molecule has 0 saturated heterocycles. The number of nitrogens with zero attached hydrogens (tertiary/aromatic N) is 3. The van der Waals surface area contributed by atoms with Crippen LogP contribution < -0.4 is 5.32 Å². The highest BCUT2D eigenvalue weighted by Gasteiger charge is 2.14. The molecule has 0 aliphatic carbocycles. The van der Waals surface area contributed by atoms with Crippen LogP contribution in [0.25, 0.3) is 0 Å². The van der Waals surface area contributed by atoms with Gasteiger partial charge in [0.25, 0.3) is 5.91 Å². The maximum atomic E-state index is 12.2. The largest absolute Gasteiger partial charge is 0.468 e. The fourth-order valence-electron chi connectivity index (χ4n) is 1.94. The van der Waals surface area contributed by atoms with E-state index in [-0.39, 0.29) is 18.5 Å². The zero-order valence-electron chi connectivity index (χ0n) is 12.2. The molecular weight excluding hydrogens is 272 g/mol. The summed E-state index contributed by atoms with van der Waals surface area (Å²) >= 11 is 0. The van der Waals surface area contributed by atoms with E-state index in [1.807, 2.05) is 30.7 Å². The molecule has 21 heavy (non-hydrogen) atoms. The van der Waals surface area contributed by atoms with Crippen LogP contribution in [0.3, 0.4) is 0 Å². The molecular formula is C14H18N4O3. The van der Waals surface area contributed by atoms with E-state index in [9.17, 15) is 9.59 Å². The molecule has 1 amide bonds. The maximum absolute atomic E-state index is 12.2. The number of ether oxygens (including phenoxy) is 1. The predicted octanol–water partition coefficient (Wildman–Crippen LogP) is 1.69. The van der Waals surface area contributed by atoms with Gasteiger partial charge < -0.3 is 14.6 Å². The van der Waals surface area contributed by atoms with Gasteiger partial charge in [0.2, 0.25) is 0 Å². The number of anilines is 1. The number of rotatable bonds is 5. The van der Waals surface area contributed by atoms with Gasteiger partial charge in [-0.05, 0) is 26.0 Å².